The van der Waals surface area contributed by atoms with Gasteiger partial charge >= 0.3 is 0 Å². The highest BCUT2D eigenvalue weighted by Crippen LogP contribution is 2.05. The maximum atomic E-state index is 5.58. The fourth-order valence-electron chi connectivity index (χ4n) is 1.56. The molecule has 6 nitrogen and oxygen atoms in total. The van der Waals surface area contributed by atoms with E-state index in [4.69, 9.17) is 5.73 Å². The van der Waals surface area contributed by atoms with Gasteiger partial charge in [0, 0.05) is 12.7 Å². The summed E-state index contributed by atoms with van der Waals surface area (Å²) in [5.74, 6) is 1.82. The monoisotopic (exact) mass is 206 g/mol. The van der Waals surface area contributed by atoms with Gasteiger partial charge in [-0.25, -0.2) is 0 Å². The molecule has 0 aliphatic carbocycles. The van der Waals surface area contributed by atoms with Crippen LogP contribution in [0, 0.1) is 6.92 Å². The molecule has 0 spiro atoms. The lowest BCUT2D eigenvalue weighted by Gasteiger charge is -2.04. The molecule has 0 aliphatic rings. The second-order valence-electron chi connectivity index (χ2n) is 3.38. The lowest BCUT2D eigenvalue weighted by Crippen LogP contribution is -2.09. The van der Waals surface area contributed by atoms with E-state index in [9.17, 15) is 0 Å². The second-order valence-corrected chi connectivity index (χ2v) is 3.38. The summed E-state index contributed by atoms with van der Waals surface area (Å²) in [6, 6.07) is 0. The van der Waals surface area contributed by atoms with Crippen LogP contribution in [-0.2, 0) is 13.1 Å². The Morgan fingerprint density at radius 2 is 2.20 bits per heavy atom. The summed E-state index contributed by atoms with van der Waals surface area (Å²) in [7, 11) is 0. The third-order valence-electron chi connectivity index (χ3n) is 2.29. The normalized spacial score (nSPS) is 10.8. The standard InChI is InChI=1S/C9H14N6/c1-3-15-7(2)12-13-9(15)6-14-5-8(10)4-11-14/h4-5H,3,6,10H2,1-2H3. The Morgan fingerprint density at radius 1 is 1.40 bits per heavy atom. The highest BCUT2D eigenvalue weighted by molar-refractivity contribution is 5.30. The largest absolute Gasteiger partial charge is 0.396 e. The summed E-state index contributed by atoms with van der Waals surface area (Å²) >= 11 is 0. The Morgan fingerprint density at radius 3 is 2.80 bits per heavy atom. The van der Waals surface area contributed by atoms with Crippen molar-refractivity contribution in [3.63, 3.8) is 0 Å². The van der Waals surface area contributed by atoms with Crippen molar-refractivity contribution < 1.29 is 0 Å². The van der Waals surface area contributed by atoms with Crippen molar-refractivity contribution in [2.45, 2.75) is 26.9 Å². The van der Waals surface area contributed by atoms with Gasteiger partial charge in [0.15, 0.2) is 5.82 Å². The predicted molar refractivity (Wildman–Crippen MR) is 56.2 cm³/mol. The summed E-state index contributed by atoms with van der Waals surface area (Å²) in [6.07, 6.45) is 3.41. The number of hydrogen-bond acceptors (Lipinski definition) is 4. The van der Waals surface area contributed by atoms with Crippen LogP contribution in [0.3, 0.4) is 0 Å². The molecule has 0 fully saturated rings. The number of nitrogens with two attached hydrogens (primary N) is 1. The molecule has 2 aromatic rings. The first-order chi connectivity index (χ1) is 7.20. The average molecular weight is 206 g/mol. The first kappa shape index (κ1) is 9.70. The third kappa shape index (κ3) is 1.83. The van der Waals surface area contributed by atoms with Crippen molar-refractivity contribution in [3.8, 4) is 0 Å². The van der Waals surface area contributed by atoms with E-state index in [0.29, 0.717) is 12.2 Å². The summed E-state index contributed by atoms with van der Waals surface area (Å²) in [4.78, 5) is 0. The van der Waals surface area contributed by atoms with Gasteiger partial charge in [-0.2, -0.15) is 5.10 Å². The van der Waals surface area contributed by atoms with Crippen molar-refractivity contribution in [2.75, 3.05) is 5.73 Å². The topological polar surface area (TPSA) is 74.5 Å². The van der Waals surface area contributed by atoms with Gasteiger partial charge in [-0.05, 0) is 13.8 Å². The van der Waals surface area contributed by atoms with Crippen molar-refractivity contribution in [3.05, 3.63) is 24.0 Å². The smallest absolute Gasteiger partial charge is 0.154 e. The van der Waals surface area contributed by atoms with Gasteiger partial charge in [0.2, 0.25) is 0 Å². The number of nitrogen functional groups attached to an aromatic ring is 1. The van der Waals surface area contributed by atoms with Crippen molar-refractivity contribution in [2.24, 2.45) is 0 Å². The van der Waals surface area contributed by atoms with Gasteiger partial charge in [0.05, 0.1) is 11.9 Å². The highest BCUT2D eigenvalue weighted by atomic mass is 15.3. The van der Waals surface area contributed by atoms with Crippen LogP contribution in [0.1, 0.15) is 18.6 Å². The molecule has 6 heteroatoms. The molecule has 0 atom stereocenters. The van der Waals surface area contributed by atoms with Gasteiger partial charge in [-0.3, -0.25) is 4.68 Å². The molecule has 0 aliphatic heterocycles. The average Bonchev–Trinajstić information content (AvgIpc) is 2.75. The predicted octanol–water partition coefficient (Wildman–Crippen LogP) is 0.433. The van der Waals surface area contributed by atoms with Gasteiger partial charge in [-0.15, -0.1) is 10.2 Å². The Hall–Kier alpha value is -1.85. The van der Waals surface area contributed by atoms with E-state index in [0.717, 1.165) is 18.2 Å². The molecule has 0 saturated carbocycles. The Kier molecular flexibility index (Phi) is 2.40. The quantitative estimate of drug-likeness (QED) is 0.790. The Balaban J connectivity index is 2.24. The summed E-state index contributed by atoms with van der Waals surface area (Å²) in [6.45, 7) is 5.48. The SMILES string of the molecule is CCn1c(C)nnc1Cn1cc(N)cn1. The summed E-state index contributed by atoms with van der Waals surface area (Å²) < 4.78 is 3.81. The van der Waals surface area contributed by atoms with E-state index in [2.05, 4.69) is 26.8 Å². The van der Waals surface area contributed by atoms with Crippen molar-refractivity contribution >= 4 is 5.69 Å². The molecule has 80 valence electrons. The number of rotatable bonds is 3. The number of aryl methyl sites for hydroxylation is 1. The maximum Gasteiger partial charge on any atom is 0.154 e. The molecule has 0 radical (unpaired) electrons. The molecule has 0 amide bonds. The van der Waals surface area contributed by atoms with Gasteiger partial charge in [0.1, 0.15) is 12.4 Å². The lowest BCUT2D eigenvalue weighted by molar-refractivity contribution is 0.600. The van der Waals surface area contributed by atoms with E-state index in [-0.39, 0.29) is 0 Å². The fourth-order valence-corrected chi connectivity index (χ4v) is 1.56. The second kappa shape index (κ2) is 3.72. The van der Waals surface area contributed by atoms with Crippen LogP contribution >= 0.6 is 0 Å². The number of hydrogen-bond donors (Lipinski definition) is 1. The van der Waals surface area contributed by atoms with Gasteiger partial charge in [-0.1, -0.05) is 0 Å². The summed E-state index contributed by atoms with van der Waals surface area (Å²) in [5, 5.41) is 12.2. The molecule has 2 aromatic heterocycles. The fraction of sp³-hybridized carbons (Fsp3) is 0.444. The zero-order valence-electron chi connectivity index (χ0n) is 8.88. The van der Waals surface area contributed by atoms with E-state index in [1.54, 1.807) is 17.1 Å². The Labute approximate surface area is 87.7 Å². The molecule has 15 heavy (non-hydrogen) atoms. The number of anilines is 1. The van der Waals surface area contributed by atoms with Crippen LogP contribution in [0.5, 0.6) is 0 Å². The first-order valence-corrected chi connectivity index (χ1v) is 4.87. The van der Waals surface area contributed by atoms with E-state index in [1.807, 2.05) is 6.92 Å². The third-order valence-corrected chi connectivity index (χ3v) is 2.29. The maximum absolute atomic E-state index is 5.58. The Bertz CT molecular complexity index is 455. The van der Waals surface area contributed by atoms with Crippen LogP contribution in [0.15, 0.2) is 12.4 Å². The minimum atomic E-state index is 0.603. The molecule has 2 heterocycles. The summed E-state index contributed by atoms with van der Waals surface area (Å²) in [5.41, 5.74) is 6.24. The minimum Gasteiger partial charge on any atom is -0.396 e. The molecular weight excluding hydrogens is 192 g/mol. The molecule has 2 N–H and O–H groups in total. The zero-order valence-corrected chi connectivity index (χ0v) is 8.88. The van der Waals surface area contributed by atoms with E-state index in [1.165, 1.54) is 0 Å². The lowest BCUT2D eigenvalue weighted by atomic mass is 10.5. The number of aromatic nitrogens is 5. The number of nitrogens with zero attached hydrogens (tertiary/aromatic N) is 5. The van der Waals surface area contributed by atoms with E-state index < -0.39 is 0 Å². The molecule has 2 rings (SSSR count). The van der Waals surface area contributed by atoms with Crippen LogP contribution < -0.4 is 5.73 Å². The van der Waals surface area contributed by atoms with Crippen molar-refractivity contribution in [1.82, 2.24) is 24.5 Å². The van der Waals surface area contributed by atoms with Crippen molar-refractivity contribution in [1.29, 1.82) is 0 Å². The van der Waals surface area contributed by atoms with Crippen LogP contribution in [0.25, 0.3) is 0 Å². The zero-order chi connectivity index (χ0) is 10.8. The minimum absolute atomic E-state index is 0.603. The highest BCUT2D eigenvalue weighted by Gasteiger charge is 2.07. The van der Waals surface area contributed by atoms with Crippen LogP contribution in [0.4, 0.5) is 5.69 Å². The van der Waals surface area contributed by atoms with Crippen LogP contribution in [0.2, 0.25) is 0 Å². The molecule has 0 saturated heterocycles. The molecular formula is C9H14N6. The molecule has 0 bridgehead atoms. The molecule has 0 aromatic carbocycles. The molecule has 0 unspecified atom stereocenters. The van der Waals surface area contributed by atoms with Gasteiger partial charge < -0.3 is 10.3 Å². The van der Waals surface area contributed by atoms with E-state index >= 15 is 0 Å². The van der Waals surface area contributed by atoms with Gasteiger partial charge in [0.25, 0.3) is 0 Å². The van der Waals surface area contributed by atoms with Crippen LogP contribution in [-0.4, -0.2) is 24.5 Å². The first-order valence-electron chi connectivity index (χ1n) is 4.87.